The Hall–Kier alpha value is -2.32. The topological polar surface area (TPSA) is 78.1 Å². The summed E-state index contributed by atoms with van der Waals surface area (Å²) in [6.07, 6.45) is 0. The molecular formula is C18H24N2O5S. The zero-order valence-electron chi connectivity index (χ0n) is 15.4. The summed E-state index contributed by atoms with van der Waals surface area (Å²) >= 11 is 5.25. The van der Waals surface area contributed by atoms with Gasteiger partial charge in [0.25, 0.3) is 0 Å². The first kappa shape index (κ1) is 20.0. The molecule has 2 rings (SSSR count). The summed E-state index contributed by atoms with van der Waals surface area (Å²) in [5.74, 6) is 0.792. The molecule has 8 heteroatoms. The number of carbonyl (C=O) groups is 1. The third-order valence-electron chi connectivity index (χ3n) is 3.83. The SMILES string of the molecule is CCOc1ccc(C2NC(=S)NC(C)=C2C(=O)OCCOC)cc1OC. The zero-order valence-corrected chi connectivity index (χ0v) is 16.2. The number of rotatable bonds is 8. The van der Waals surface area contributed by atoms with E-state index in [9.17, 15) is 4.79 Å². The van der Waals surface area contributed by atoms with Crippen molar-refractivity contribution in [2.75, 3.05) is 34.0 Å². The van der Waals surface area contributed by atoms with Crippen LogP contribution in [0.15, 0.2) is 29.5 Å². The number of methoxy groups -OCH3 is 2. The average Bonchev–Trinajstić information content (AvgIpc) is 2.61. The van der Waals surface area contributed by atoms with E-state index < -0.39 is 12.0 Å². The number of nitrogens with one attached hydrogen (secondary N) is 2. The molecule has 26 heavy (non-hydrogen) atoms. The minimum Gasteiger partial charge on any atom is -0.493 e. The number of hydrogen-bond donors (Lipinski definition) is 2. The molecule has 1 heterocycles. The van der Waals surface area contributed by atoms with Gasteiger partial charge < -0.3 is 29.6 Å². The maximum absolute atomic E-state index is 12.6. The Kier molecular flexibility index (Phi) is 7.23. The molecule has 0 saturated carbocycles. The molecule has 0 fully saturated rings. The van der Waals surface area contributed by atoms with Gasteiger partial charge in [-0.3, -0.25) is 0 Å². The van der Waals surface area contributed by atoms with Crippen LogP contribution < -0.4 is 20.1 Å². The van der Waals surface area contributed by atoms with Crippen LogP contribution in [-0.4, -0.2) is 45.1 Å². The number of ether oxygens (including phenoxy) is 4. The molecule has 1 aromatic carbocycles. The molecule has 7 nitrogen and oxygen atoms in total. The second-order valence-corrected chi connectivity index (χ2v) is 5.95. The van der Waals surface area contributed by atoms with Crippen LogP contribution in [0.5, 0.6) is 11.5 Å². The van der Waals surface area contributed by atoms with E-state index >= 15 is 0 Å². The summed E-state index contributed by atoms with van der Waals surface area (Å²) < 4.78 is 21.2. The molecule has 0 aliphatic carbocycles. The number of hydrogen-bond acceptors (Lipinski definition) is 6. The molecule has 2 N–H and O–H groups in total. The quantitative estimate of drug-likeness (QED) is 0.403. The highest BCUT2D eigenvalue weighted by Crippen LogP contribution is 2.34. The van der Waals surface area contributed by atoms with E-state index in [0.29, 0.717) is 41.1 Å². The lowest BCUT2D eigenvalue weighted by molar-refractivity contribution is -0.140. The molecule has 0 aromatic heterocycles. The summed E-state index contributed by atoms with van der Waals surface area (Å²) in [5.41, 5.74) is 1.92. The highest BCUT2D eigenvalue weighted by Gasteiger charge is 2.31. The van der Waals surface area contributed by atoms with Crippen molar-refractivity contribution in [3.8, 4) is 11.5 Å². The van der Waals surface area contributed by atoms with Gasteiger partial charge in [0.2, 0.25) is 0 Å². The van der Waals surface area contributed by atoms with E-state index in [4.69, 9.17) is 31.2 Å². The summed E-state index contributed by atoms with van der Waals surface area (Å²) in [7, 11) is 3.12. The molecule has 0 radical (unpaired) electrons. The van der Waals surface area contributed by atoms with Gasteiger partial charge in [0.1, 0.15) is 6.61 Å². The van der Waals surface area contributed by atoms with Gasteiger partial charge in [0.05, 0.1) is 31.9 Å². The Morgan fingerprint density at radius 1 is 1.23 bits per heavy atom. The molecule has 0 saturated heterocycles. The molecule has 1 unspecified atom stereocenters. The smallest absolute Gasteiger partial charge is 0.338 e. The second kappa shape index (κ2) is 9.40. The molecule has 0 spiro atoms. The van der Waals surface area contributed by atoms with Gasteiger partial charge in [0.15, 0.2) is 16.6 Å². The monoisotopic (exact) mass is 380 g/mol. The number of benzene rings is 1. The molecule has 1 aliphatic heterocycles. The van der Waals surface area contributed by atoms with Gasteiger partial charge in [0, 0.05) is 12.8 Å². The lowest BCUT2D eigenvalue weighted by atomic mass is 9.95. The number of thiocarbonyl (C=S) groups is 1. The van der Waals surface area contributed by atoms with Gasteiger partial charge in [-0.05, 0) is 43.8 Å². The first-order valence-electron chi connectivity index (χ1n) is 8.26. The Labute approximate surface area is 158 Å². The zero-order chi connectivity index (χ0) is 19.1. The Balaban J connectivity index is 2.36. The van der Waals surface area contributed by atoms with Crippen LogP contribution in [0, 0.1) is 0 Å². The summed E-state index contributed by atoms with van der Waals surface area (Å²) in [6.45, 7) is 4.73. The fraction of sp³-hybridized carbons (Fsp3) is 0.444. The number of carbonyl (C=O) groups excluding carboxylic acids is 1. The van der Waals surface area contributed by atoms with Gasteiger partial charge in [-0.15, -0.1) is 0 Å². The van der Waals surface area contributed by atoms with Gasteiger partial charge in [-0.1, -0.05) is 6.07 Å². The average molecular weight is 380 g/mol. The highest BCUT2D eigenvalue weighted by atomic mass is 32.1. The van der Waals surface area contributed by atoms with E-state index in [1.807, 2.05) is 25.1 Å². The maximum atomic E-state index is 12.6. The van der Waals surface area contributed by atoms with Crippen molar-refractivity contribution < 1.29 is 23.7 Å². The predicted molar refractivity (Wildman–Crippen MR) is 101 cm³/mol. The minimum absolute atomic E-state index is 0.176. The van der Waals surface area contributed by atoms with Crippen LogP contribution in [0.3, 0.4) is 0 Å². The second-order valence-electron chi connectivity index (χ2n) is 5.54. The Morgan fingerprint density at radius 3 is 2.65 bits per heavy atom. The van der Waals surface area contributed by atoms with Gasteiger partial charge in [-0.2, -0.15) is 0 Å². The van der Waals surface area contributed by atoms with Crippen molar-refractivity contribution in [3.63, 3.8) is 0 Å². The largest absolute Gasteiger partial charge is 0.493 e. The van der Waals surface area contributed by atoms with E-state index in [0.717, 1.165) is 5.56 Å². The molecule has 1 aliphatic rings. The normalized spacial score (nSPS) is 16.6. The first-order chi connectivity index (χ1) is 12.5. The van der Waals surface area contributed by atoms with Gasteiger partial charge >= 0.3 is 5.97 Å². The van der Waals surface area contributed by atoms with E-state index in [1.54, 1.807) is 21.1 Å². The van der Waals surface area contributed by atoms with Crippen LogP contribution in [0.4, 0.5) is 0 Å². The first-order valence-corrected chi connectivity index (χ1v) is 8.67. The summed E-state index contributed by atoms with van der Waals surface area (Å²) in [4.78, 5) is 12.6. The van der Waals surface area contributed by atoms with Crippen LogP contribution in [0.1, 0.15) is 25.5 Å². The summed E-state index contributed by atoms with van der Waals surface area (Å²) in [6, 6.07) is 5.05. The molecule has 142 valence electrons. The third-order valence-corrected chi connectivity index (χ3v) is 4.05. The molecule has 0 amide bonds. The van der Waals surface area contributed by atoms with Crippen molar-refractivity contribution in [2.45, 2.75) is 19.9 Å². The fourth-order valence-corrected chi connectivity index (χ4v) is 2.92. The lowest BCUT2D eigenvalue weighted by Gasteiger charge is -2.30. The van der Waals surface area contributed by atoms with Crippen molar-refractivity contribution in [3.05, 3.63) is 35.0 Å². The third kappa shape index (κ3) is 4.64. The van der Waals surface area contributed by atoms with E-state index in [2.05, 4.69) is 10.6 Å². The van der Waals surface area contributed by atoms with E-state index in [-0.39, 0.29) is 6.61 Å². The van der Waals surface area contributed by atoms with Crippen molar-refractivity contribution >= 4 is 23.3 Å². The van der Waals surface area contributed by atoms with Crippen LogP contribution >= 0.6 is 12.2 Å². The van der Waals surface area contributed by atoms with Crippen LogP contribution in [-0.2, 0) is 14.3 Å². The maximum Gasteiger partial charge on any atom is 0.338 e. The Morgan fingerprint density at radius 2 is 2.00 bits per heavy atom. The highest BCUT2D eigenvalue weighted by molar-refractivity contribution is 7.80. The van der Waals surface area contributed by atoms with Crippen molar-refractivity contribution in [1.82, 2.24) is 10.6 Å². The predicted octanol–water partition coefficient (Wildman–Crippen LogP) is 2.08. The minimum atomic E-state index is -0.455. The fourth-order valence-electron chi connectivity index (χ4n) is 2.65. The summed E-state index contributed by atoms with van der Waals surface area (Å²) in [5, 5.41) is 6.53. The van der Waals surface area contributed by atoms with Crippen LogP contribution in [0.2, 0.25) is 0 Å². The number of esters is 1. The van der Waals surface area contributed by atoms with E-state index in [1.165, 1.54) is 0 Å². The van der Waals surface area contributed by atoms with Crippen molar-refractivity contribution in [1.29, 1.82) is 0 Å². The lowest BCUT2D eigenvalue weighted by Crippen LogP contribution is -2.45. The molecule has 1 atom stereocenters. The molecule has 1 aromatic rings. The van der Waals surface area contributed by atoms with Crippen molar-refractivity contribution in [2.24, 2.45) is 0 Å². The standard InChI is InChI=1S/C18H24N2O5S/c1-5-24-13-7-6-12(10-14(13)23-4)16-15(11(2)19-18(26)20-16)17(21)25-9-8-22-3/h6-7,10,16H,5,8-9H2,1-4H3,(H2,19,20,26). The molecule has 0 bridgehead atoms. The number of allylic oxidation sites excluding steroid dienone is 1. The van der Waals surface area contributed by atoms with Gasteiger partial charge in [-0.25, -0.2) is 4.79 Å². The Bertz CT molecular complexity index is 705. The molecular weight excluding hydrogens is 356 g/mol. The van der Waals surface area contributed by atoms with Crippen LogP contribution in [0.25, 0.3) is 0 Å².